The number of nitrogens with one attached hydrogen (secondary N) is 1. The van der Waals surface area contributed by atoms with Crippen LogP contribution in [0.4, 0.5) is 15.2 Å². The molecular weight excluding hydrogens is 295 g/mol. The number of hydrogen-bond donors (Lipinski definition) is 1. The lowest BCUT2D eigenvalue weighted by atomic mass is 10.2. The van der Waals surface area contributed by atoms with E-state index in [-0.39, 0.29) is 22.2 Å². The molecule has 0 fully saturated rings. The van der Waals surface area contributed by atoms with E-state index in [4.69, 9.17) is 0 Å². The summed E-state index contributed by atoms with van der Waals surface area (Å²) in [6.07, 6.45) is 0. The number of methoxy groups -OCH3 is 1. The van der Waals surface area contributed by atoms with Crippen LogP contribution in [0, 0.1) is 12.7 Å². The van der Waals surface area contributed by atoms with Crippen LogP contribution in [0.15, 0.2) is 18.2 Å². The molecule has 0 aliphatic carbocycles. The van der Waals surface area contributed by atoms with Crippen LogP contribution in [0.3, 0.4) is 0 Å². The van der Waals surface area contributed by atoms with Gasteiger partial charge in [-0.1, -0.05) is 11.3 Å². The molecule has 110 valence electrons. The number of ketones is 1. The predicted molar refractivity (Wildman–Crippen MR) is 77.9 cm³/mol. The average Bonchev–Trinajstić information content (AvgIpc) is 2.85. The molecule has 0 unspecified atom stereocenters. The lowest BCUT2D eigenvalue weighted by Crippen LogP contribution is -2.07. The van der Waals surface area contributed by atoms with E-state index < -0.39 is 5.97 Å². The Morgan fingerprint density at radius 1 is 1.38 bits per heavy atom. The van der Waals surface area contributed by atoms with E-state index in [9.17, 15) is 14.0 Å². The number of Topliss-reactive ketones (excluding diaryl/α,β-unsaturated/α-hetero) is 1. The highest BCUT2D eigenvalue weighted by Gasteiger charge is 2.22. The Kier molecular flexibility index (Phi) is 4.32. The topological polar surface area (TPSA) is 68.3 Å². The van der Waals surface area contributed by atoms with Gasteiger partial charge in [0.1, 0.15) is 10.7 Å². The number of aryl methyl sites for hydroxylation is 1. The number of carbonyl (C=O) groups excluding carboxylic acids is 2. The molecule has 2 aromatic rings. The molecule has 0 spiro atoms. The molecule has 1 aromatic heterocycles. The molecule has 0 aliphatic heterocycles. The molecule has 1 heterocycles. The first-order valence-electron chi connectivity index (χ1n) is 6.05. The Balaban J connectivity index is 2.37. The van der Waals surface area contributed by atoms with Crippen molar-refractivity contribution in [2.24, 2.45) is 0 Å². The number of carbonyl (C=O) groups is 2. The second-order valence-corrected chi connectivity index (χ2v) is 5.33. The summed E-state index contributed by atoms with van der Waals surface area (Å²) in [5.74, 6) is -1.27. The van der Waals surface area contributed by atoms with Crippen LogP contribution in [-0.2, 0) is 4.74 Å². The molecule has 7 heteroatoms. The van der Waals surface area contributed by atoms with Gasteiger partial charge in [0.05, 0.1) is 7.11 Å². The number of halogens is 1. The number of hydrogen-bond acceptors (Lipinski definition) is 6. The first-order valence-corrected chi connectivity index (χ1v) is 6.87. The SMILES string of the molecule is COC(=O)c1nc(Nc2ccc(F)cc2C)sc1C(C)=O. The Labute approximate surface area is 124 Å². The van der Waals surface area contributed by atoms with Gasteiger partial charge < -0.3 is 10.1 Å². The first kappa shape index (κ1) is 15.1. The van der Waals surface area contributed by atoms with Gasteiger partial charge in [-0.3, -0.25) is 4.79 Å². The van der Waals surface area contributed by atoms with Gasteiger partial charge in [-0.05, 0) is 30.7 Å². The summed E-state index contributed by atoms with van der Waals surface area (Å²) < 4.78 is 17.7. The molecule has 0 radical (unpaired) electrons. The van der Waals surface area contributed by atoms with Crippen molar-refractivity contribution in [2.45, 2.75) is 13.8 Å². The zero-order valence-electron chi connectivity index (χ0n) is 11.7. The maximum absolute atomic E-state index is 13.1. The van der Waals surface area contributed by atoms with Crippen LogP contribution in [0.5, 0.6) is 0 Å². The Morgan fingerprint density at radius 2 is 2.10 bits per heavy atom. The molecule has 0 aliphatic rings. The molecule has 1 aromatic carbocycles. The van der Waals surface area contributed by atoms with Crippen molar-refractivity contribution in [3.8, 4) is 0 Å². The molecule has 0 amide bonds. The van der Waals surface area contributed by atoms with E-state index in [0.29, 0.717) is 16.4 Å². The standard InChI is InChI=1S/C14H13FN2O3S/c1-7-6-9(15)4-5-10(7)16-14-17-11(13(19)20-3)12(21-14)8(2)18/h4-6H,1-3H3,(H,16,17). The van der Waals surface area contributed by atoms with Crippen molar-refractivity contribution >= 4 is 33.9 Å². The molecule has 0 atom stereocenters. The van der Waals surface area contributed by atoms with E-state index in [2.05, 4.69) is 15.0 Å². The summed E-state index contributed by atoms with van der Waals surface area (Å²) in [5.41, 5.74) is 1.32. The number of nitrogens with zero attached hydrogens (tertiary/aromatic N) is 1. The van der Waals surface area contributed by atoms with Crippen LogP contribution in [0.1, 0.15) is 32.6 Å². The second kappa shape index (κ2) is 6.01. The Morgan fingerprint density at radius 3 is 2.67 bits per heavy atom. The molecule has 21 heavy (non-hydrogen) atoms. The molecule has 0 saturated heterocycles. The number of esters is 1. The monoisotopic (exact) mass is 308 g/mol. The summed E-state index contributed by atoms with van der Waals surface area (Å²) in [5, 5.41) is 3.35. The van der Waals surface area contributed by atoms with E-state index in [0.717, 1.165) is 11.3 Å². The van der Waals surface area contributed by atoms with Gasteiger partial charge in [0.2, 0.25) is 0 Å². The largest absolute Gasteiger partial charge is 0.464 e. The number of ether oxygens (including phenoxy) is 1. The normalized spacial score (nSPS) is 10.3. The molecular formula is C14H13FN2O3S. The average molecular weight is 308 g/mol. The fourth-order valence-electron chi connectivity index (χ4n) is 1.73. The fourth-order valence-corrected chi connectivity index (χ4v) is 2.59. The van der Waals surface area contributed by atoms with Gasteiger partial charge in [0, 0.05) is 12.6 Å². The number of aromatic nitrogens is 1. The highest BCUT2D eigenvalue weighted by Crippen LogP contribution is 2.28. The Hall–Kier alpha value is -2.28. The number of thiazole rings is 1. The summed E-state index contributed by atoms with van der Waals surface area (Å²) in [7, 11) is 1.23. The van der Waals surface area contributed by atoms with Crippen LogP contribution in [0.25, 0.3) is 0 Å². The van der Waals surface area contributed by atoms with E-state index in [1.54, 1.807) is 13.0 Å². The zero-order chi connectivity index (χ0) is 15.6. The predicted octanol–water partition coefficient (Wildman–Crippen LogP) is 3.32. The van der Waals surface area contributed by atoms with Gasteiger partial charge in [-0.2, -0.15) is 0 Å². The first-order chi connectivity index (χ1) is 9.92. The third kappa shape index (κ3) is 3.25. The van der Waals surface area contributed by atoms with Crippen LogP contribution in [0.2, 0.25) is 0 Å². The van der Waals surface area contributed by atoms with Gasteiger partial charge in [-0.25, -0.2) is 14.2 Å². The minimum atomic E-state index is -0.666. The molecule has 0 saturated carbocycles. The van der Waals surface area contributed by atoms with E-state index in [1.807, 2.05) is 0 Å². The van der Waals surface area contributed by atoms with Gasteiger partial charge in [-0.15, -0.1) is 0 Å². The van der Waals surface area contributed by atoms with Crippen molar-refractivity contribution in [3.63, 3.8) is 0 Å². The molecule has 0 bridgehead atoms. The van der Waals surface area contributed by atoms with Crippen molar-refractivity contribution in [3.05, 3.63) is 40.2 Å². The third-order valence-corrected chi connectivity index (χ3v) is 3.83. The van der Waals surface area contributed by atoms with Crippen molar-refractivity contribution < 1.29 is 18.7 Å². The van der Waals surface area contributed by atoms with E-state index >= 15 is 0 Å². The lowest BCUT2D eigenvalue weighted by molar-refractivity contribution is 0.0591. The van der Waals surface area contributed by atoms with E-state index in [1.165, 1.54) is 26.2 Å². The second-order valence-electron chi connectivity index (χ2n) is 4.33. The number of benzene rings is 1. The molecule has 2 rings (SSSR count). The van der Waals surface area contributed by atoms with Crippen molar-refractivity contribution in [1.29, 1.82) is 0 Å². The minimum Gasteiger partial charge on any atom is -0.464 e. The highest BCUT2D eigenvalue weighted by atomic mass is 32.1. The van der Waals surface area contributed by atoms with Crippen LogP contribution < -0.4 is 5.32 Å². The summed E-state index contributed by atoms with van der Waals surface area (Å²) in [6.45, 7) is 3.10. The van der Waals surface area contributed by atoms with Crippen LogP contribution >= 0.6 is 11.3 Å². The molecule has 1 N–H and O–H groups in total. The number of anilines is 2. The summed E-state index contributed by atoms with van der Waals surface area (Å²) in [6, 6.07) is 4.26. The highest BCUT2D eigenvalue weighted by molar-refractivity contribution is 7.17. The summed E-state index contributed by atoms with van der Waals surface area (Å²) in [4.78, 5) is 27.5. The fraction of sp³-hybridized carbons (Fsp3) is 0.214. The minimum absolute atomic E-state index is 0.0164. The smallest absolute Gasteiger partial charge is 0.358 e. The maximum Gasteiger partial charge on any atom is 0.358 e. The third-order valence-electron chi connectivity index (χ3n) is 2.76. The maximum atomic E-state index is 13.1. The quantitative estimate of drug-likeness (QED) is 0.693. The Bertz CT molecular complexity index is 712. The van der Waals surface area contributed by atoms with Crippen molar-refractivity contribution in [2.75, 3.05) is 12.4 Å². The number of rotatable bonds is 4. The van der Waals surface area contributed by atoms with Gasteiger partial charge >= 0.3 is 5.97 Å². The molecule has 5 nitrogen and oxygen atoms in total. The zero-order valence-corrected chi connectivity index (χ0v) is 12.5. The summed E-state index contributed by atoms with van der Waals surface area (Å²) >= 11 is 1.05. The van der Waals surface area contributed by atoms with Crippen LogP contribution in [-0.4, -0.2) is 23.8 Å². The lowest BCUT2D eigenvalue weighted by Gasteiger charge is -2.06. The van der Waals surface area contributed by atoms with Gasteiger partial charge in [0.25, 0.3) is 0 Å². The van der Waals surface area contributed by atoms with Crippen molar-refractivity contribution in [1.82, 2.24) is 4.98 Å². The van der Waals surface area contributed by atoms with Gasteiger partial charge in [0.15, 0.2) is 16.6 Å².